The van der Waals surface area contributed by atoms with E-state index in [1.165, 1.54) is 11.1 Å². The van der Waals surface area contributed by atoms with Crippen molar-refractivity contribution in [3.8, 4) is 0 Å². The number of para-hydroxylation sites is 1. The van der Waals surface area contributed by atoms with E-state index in [1.807, 2.05) is 19.2 Å². The summed E-state index contributed by atoms with van der Waals surface area (Å²) in [6, 6.07) is 6.12. The Bertz CT molecular complexity index is 443. The molecule has 0 spiro atoms. The van der Waals surface area contributed by atoms with Crippen molar-refractivity contribution in [1.82, 2.24) is 9.55 Å². The molecule has 0 aliphatic rings. The Balaban J connectivity index is 2.85. The van der Waals surface area contributed by atoms with Crippen molar-refractivity contribution in [2.45, 2.75) is 13.5 Å². The summed E-state index contributed by atoms with van der Waals surface area (Å²) in [7, 11) is 2.00. The van der Waals surface area contributed by atoms with E-state index in [2.05, 4.69) is 22.5 Å². The van der Waals surface area contributed by atoms with Crippen LogP contribution in [0.15, 0.2) is 18.2 Å². The first-order valence-electron chi connectivity index (χ1n) is 4.35. The first-order valence-corrected chi connectivity index (χ1v) is 4.35. The van der Waals surface area contributed by atoms with Gasteiger partial charge in [0.25, 0.3) is 0 Å². The zero-order chi connectivity index (χ0) is 9.42. The minimum absolute atomic E-state index is 0.491. The summed E-state index contributed by atoms with van der Waals surface area (Å²) in [6.07, 6.45) is 0. The van der Waals surface area contributed by atoms with E-state index < -0.39 is 0 Å². The van der Waals surface area contributed by atoms with Crippen molar-refractivity contribution in [3.63, 3.8) is 0 Å². The zero-order valence-corrected chi connectivity index (χ0v) is 7.91. The summed E-state index contributed by atoms with van der Waals surface area (Å²) in [4.78, 5) is 4.43. The maximum Gasteiger partial charge on any atom is 0.123 e. The number of fused-ring (bicyclic) bond motifs is 1. The molecule has 0 saturated carbocycles. The number of nitrogens with two attached hydrogens (primary N) is 1. The van der Waals surface area contributed by atoms with Gasteiger partial charge in [0.15, 0.2) is 0 Å². The van der Waals surface area contributed by atoms with Crippen LogP contribution in [0.4, 0.5) is 0 Å². The minimum Gasteiger partial charge on any atom is -0.330 e. The molecular formula is C10H13N3. The van der Waals surface area contributed by atoms with Crippen LogP contribution in [0.3, 0.4) is 0 Å². The van der Waals surface area contributed by atoms with Gasteiger partial charge < -0.3 is 10.3 Å². The molecule has 0 radical (unpaired) electrons. The molecule has 2 N–H and O–H groups in total. The van der Waals surface area contributed by atoms with Crippen molar-refractivity contribution < 1.29 is 0 Å². The van der Waals surface area contributed by atoms with E-state index in [-0.39, 0.29) is 0 Å². The van der Waals surface area contributed by atoms with Gasteiger partial charge in [0.2, 0.25) is 0 Å². The predicted molar refractivity (Wildman–Crippen MR) is 53.3 cm³/mol. The van der Waals surface area contributed by atoms with Gasteiger partial charge in [-0.2, -0.15) is 0 Å². The fourth-order valence-corrected chi connectivity index (χ4v) is 1.70. The third kappa shape index (κ3) is 1.12. The standard InChI is InChI=1S/C10H13N3/c1-7-4-3-5-8-10(7)13(2)9(6-11)12-8/h3-5H,6,11H2,1-2H3. The van der Waals surface area contributed by atoms with Crippen molar-refractivity contribution >= 4 is 11.0 Å². The molecule has 3 heteroatoms. The van der Waals surface area contributed by atoms with Gasteiger partial charge in [-0.3, -0.25) is 0 Å². The number of benzene rings is 1. The van der Waals surface area contributed by atoms with Crippen LogP contribution in [-0.2, 0) is 13.6 Å². The Morgan fingerprint density at radius 2 is 2.23 bits per heavy atom. The van der Waals surface area contributed by atoms with Crippen molar-refractivity contribution in [1.29, 1.82) is 0 Å². The maximum atomic E-state index is 5.58. The second kappa shape index (κ2) is 2.85. The Kier molecular flexibility index (Phi) is 1.81. The fraction of sp³-hybridized carbons (Fsp3) is 0.300. The van der Waals surface area contributed by atoms with Gasteiger partial charge in [-0.1, -0.05) is 12.1 Å². The van der Waals surface area contributed by atoms with Crippen LogP contribution in [0.2, 0.25) is 0 Å². The molecular weight excluding hydrogens is 162 g/mol. The average molecular weight is 175 g/mol. The molecule has 0 fully saturated rings. The second-order valence-corrected chi connectivity index (χ2v) is 3.23. The number of aryl methyl sites for hydroxylation is 2. The number of aromatic nitrogens is 2. The van der Waals surface area contributed by atoms with Crippen molar-refractivity contribution in [2.75, 3.05) is 0 Å². The fourth-order valence-electron chi connectivity index (χ4n) is 1.70. The number of hydrogen-bond acceptors (Lipinski definition) is 2. The summed E-state index contributed by atoms with van der Waals surface area (Å²) >= 11 is 0. The summed E-state index contributed by atoms with van der Waals surface area (Å²) in [5.41, 5.74) is 9.04. The maximum absolute atomic E-state index is 5.58. The number of hydrogen-bond donors (Lipinski definition) is 1. The van der Waals surface area contributed by atoms with E-state index in [4.69, 9.17) is 5.73 Å². The van der Waals surface area contributed by atoms with Crippen LogP contribution >= 0.6 is 0 Å². The molecule has 0 saturated heterocycles. The molecule has 0 amide bonds. The molecule has 0 unspecified atom stereocenters. The van der Waals surface area contributed by atoms with Crippen LogP contribution in [0, 0.1) is 6.92 Å². The van der Waals surface area contributed by atoms with Gasteiger partial charge in [-0.25, -0.2) is 4.98 Å². The van der Waals surface area contributed by atoms with Gasteiger partial charge in [0, 0.05) is 7.05 Å². The molecule has 1 aromatic heterocycles. The lowest BCUT2D eigenvalue weighted by Crippen LogP contribution is -2.04. The van der Waals surface area contributed by atoms with Crippen LogP contribution in [0.25, 0.3) is 11.0 Å². The summed E-state index contributed by atoms with van der Waals surface area (Å²) in [5, 5.41) is 0. The van der Waals surface area contributed by atoms with E-state index in [0.29, 0.717) is 6.54 Å². The van der Waals surface area contributed by atoms with Gasteiger partial charge in [0.1, 0.15) is 5.82 Å². The number of nitrogens with zero attached hydrogens (tertiary/aromatic N) is 2. The van der Waals surface area contributed by atoms with E-state index in [0.717, 1.165) is 11.3 Å². The lowest BCUT2D eigenvalue weighted by molar-refractivity contribution is 0.811. The first-order chi connectivity index (χ1) is 6.24. The van der Waals surface area contributed by atoms with Crippen molar-refractivity contribution in [3.05, 3.63) is 29.6 Å². The summed E-state index contributed by atoms with van der Waals surface area (Å²) in [6.45, 7) is 2.58. The lowest BCUT2D eigenvalue weighted by Gasteiger charge is -2.00. The quantitative estimate of drug-likeness (QED) is 0.710. The monoisotopic (exact) mass is 175 g/mol. The molecule has 13 heavy (non-hydrogen) atoms. The molecule has 2 rings (SSSR count). The third-order valence-corrected chi connectivity index (χ3v) is 2.37. The highest BCUT2D eigenvalue weighted by Gasteiger charge is 2.06. The Hall–Kier alpha value is -1.35. The molecule has 3 nitrogen and oxygen atoms in total. The molecule has 2 aromatic rings. The molecule has 68 valence electrons. The van der Waals surface area contributed by atoms with Gasteiger partial charge >= 0.3 is 0 Å². The highest BCUT2D eigenvalue weighted by Crippen LogP contribution is 2.18. The molecule has 1 aromatic carbocycles. The van der Waals surface area contributed by atoms with Crippen LogP contribution in [0.5, 0.6) is 0 Å². The van der Waals surface area contributed by atoms with Crippen LogP contribution < -0.4 is 5.73 Å². The number of imidazole rings is 1. The highest BCUT2D eigenvalue weighted by molar-refractivity contribution is 5.79. The molecule has 1 heterocycles. The third-order valence-electron chi connectivity index (χ3n) is 2.37. The Morgan fingerprint density at radius 3 is 2.85 bits per heavy atom. The topological polar surface area (TPSA) is 43.8 Å². The molecule has 0 bridgehead atoms. The Morgan fingerprint density at radius 1 is 1.46 bits per heavy atom. The zero-order valence-electron chi connectivity index (χ0n) is 7.91. The van der Waals surface area contributed by atoms with Crippen molar-refractivity contribution in [2.24, 2.45) is 12.8 Å². The normalized spacial score (nSPS) is 11.0. The average Bonchev–Trinajstić information content (AvgIpc) is 2.44. The smallest absolute Gasteiger partial charge is 0.123 e. The van der Waals surface area contributed by atoms with Crippen LogP contribution in [0.1, 0.15) is 11.4 Å². The first kappa shape index (κ1) is 8.26. The molecule has 0 aliphatic heterocycles. The Labute approximate surface area is 77.2 Å². The second-order valence-electron chi connectivity index (χ2n) is 3.23. The molecule has 0 atom stereocenters. The lowest BCUT2D eigenvalue weighted by atomic mass is 10.2. The number of rotatable bonds is 1. The van der Waals surface area contributed by atoms with Crippen LogP contribution in [-0.4, -0.2) is 9.55 Å². The van der Waals surface area contributed by atoms with E-state index >= 15 is 0 Å². The van der Waals surface area contributed by atoms with E-state index in [1.54, 1.807) is 0 Å². The SMILES string of the molecule is Cc1cccc2nc(CN)n(C)c12. The largest absolute Gasteiger partial charge is 0.330 e. The minimum atomic E-state index is 0.491. The molecule has 0 aliphatic carbocycles. The van der Waals surface area contributed by atoms with Gasteiger partial charge in [-0.15, -0.1) is 0 Å². The summed E-state index contributed by atoms with van der Waals surface area (Å²) < 4.78 is 2.06. The van der Waals surface area contributed by atoms with Gasteiger partial charge in [-0.05, 0) is 18.6 Å². The summed E-state index contributed by atoms with van der Waals surface area (Å²) in [5.74, 6) is 0.935. The van der Waals surface area contributed by atoms with Gasteiger partial charge in [0.05, 0.1) is 17.6 Å². The highest BCUT2D eigenvalue weighted by atomic mass is 15.1. The predicted octanol–water partition coefficient (Wildman–Crippen LogP) is 1.34. The van der Waals surface area contributed by atoms with E-state index in [9.17, 15) is 0 Å².